The lowest BCUT2D eigenvalue weighted by atomic mass is 10.2. The van der Waals surface area contributed by atoms with Crippen LogP contribution in [0.5, 0.6) is 5.75 Å². The summed E-state index contributed by atoms with van der Waals surface area (Å²) in [6.07, 6.45) is 5.63. The van der Waals surface area contributed by atoms with Crippen molar-refractivity contribution < 1.29 is 4.74 Å². The first-order valence-corrected chi connectivity index (χ1v) is 9.49. The van der Waals surface area contributed by atoms with Crippen LogP contribution in [0.25, 0.3) is 0 Å². The van der Waals surface area contributed by atoms with Crippen molar-refractivity contribution in [3.05, 3.63) is 29.8 Å². The van der Waals surface area contributed by atoms with Gasteiger partial charge in [-0.05, 0) is 37.7 Å². The lowest BCUT2D eigenvalue weighted by Crippen LogP contribution is -2.43. The van der Waals surface area contributed by atoms with Crippen LogP contribution in [-0.4, -0.2) is 62.6 Å². The van der Waals surface area contributed by atoms with Crippen LogP contribution in [0, 0.1) is 5.92 Å². The largest absolute Gasteiger partial charge is 0.496 e. The Morgan fingerprint density at radius 1 is 1.24 bits per heavy atom. The number of rotatable bonds is 9. The molecule has 0 unspecified atom stereocenters. The van der Waals surface area contributed by atoms with Crippen LogP contribution in [-0.2, 0) is 6.54 Å². The number of hydrogen-bond donors (Lipinski definition) is 1. The van der Waals surface area contributed by atoms with E-state index in [2.05, 4.69) is 33.2 Å². The Morgan fingerprint density at radius 2 is 2.00 bits per heavy atom. The zero-order chi connectivity index (χ0) is 17.6. The average Bonchev–Trinajstić information content (AvgIpc) is 3.51. The molecule has 3 rings (SSSR count). The summed E-state index contributed by atoms with van der Waals surface area (Å²) in [6, 6.07) is 9.00. The molecule has 1 aromatic carbocycles. The van der Waals surface area contributed by atoms with Gasteiger partial charge in [0.05, 0.1) is 7.11 Å². The van der Waals surface area contributed by atoms with Crippen molar-refractivity contribution in [3.8, 4) is 5.75 Å². The van der Waals surface area contributed by atoms with Gasteiger partial charge < -0.3 is 15.0 Å². The van der Waals surface area contributed by atoms with Crippen molar-refractivity contribution in [3.63, 3.8) is 0 Å². The summed E-state index contributed by atoms with van der Waals surface area (Å²) < 4.78 is 5.45. The van der Waals surface area contributed by atoms with Crippen LogP contribution in [0.1, 0.15) is 31.2 Å². The third kappa shape index (κ3) is 5.36. The second-order valence-corrected chi connectivity index (χ2v) is 7.31. The highest BCUT2D eigenvalue weighted by atomic mass is 16.5. The molecule has 1 N–H and O–H groups in total. The molecule has 5 heteroatoms. The molecule has 0 aliphatic heterocycles. The van der Waals surface area contributed by atoms with E-state index in [4.69, 9.17) is 4.74 Å². The maximum Gasteiger partial charge on any atom is 0.193 e. The highest BCUT2D eigenvalue weighted by molar-refractivity contribution is 5.79. The topological polar surface area (TPSA) is 40.1 Å². The lowest BCUT2D eigenvalue weighted by Gasteiger charge is -2.26. The van der Waals surface area contributed by atoms with Crippen LogP contribution in [0.3, 0.4) is 0 Å². The number of methoxy groups -OCH3 is 1. The van der Waals surface area contributed by atoms with Crippen molar-refractivity contribution in [2.45, 2.75) is 38.3 Å². The fourth-order valence-electron chi connectivity index (χ4n) is 3.35. The lowest BCUT2D eigenvalue weighted by molar-refractivity contribution is 0.255. The average molecular weight is 345 g/mol. The minimum absolute atomic E-state index is 0.776. The fourth-order valence-corrected chi connectivity index (χ4v) is 3.35. The minimum atomic E-state index is 0.776. The van der Waals surface area contributed by atoms with Gasteiger partial charge in [-0.2, -0.15) is 0 Å². The number of hydrogen-bond acceptors (Lipinski definition) is 3. The quantitative estimate of drug-likeness (QED) is 0.552. The van der Waals surface area contributed by atoms with Crippen molar-refractivity contribution in [2.24, 2.45) is 10.9 Å². The van der Waals surface area contributed by atoms with Gasteiger partial charge in [-0.3, -0.25) is 9.89 Å². The number of para-hydroxylation sites is 1. The second kappa shape index (κ2) is 8.56. The van der Waals surface area contributed by atoms with Crippen molar-refractivity contribution >= 4 is 5.96 Å². The molecular formula is C20H32N4O. The molecule has 2 saturated carbocycles. The van der Waals surface area contributed by atoms with E-state index in [-0.39, 0.29) is 0 Å². The fraction of sp³-hybridized carbons (Fsp3) is 0.650. The molecule has 2 fully saturated rings. The summed E-state index contributed by atoms with van der Waals surface area (Å²) in [5, 5.41) is 3.53. The molecule has 25 heavy (non-hydrogen) atoms. The minimum Gasteiger partial charge on any atom is -0.496 e. The molecule has 0 amide bonds. The van der Waals surface area contributed by atoms with Gasteiger partial charge in [0, 0.05) is 51.9 Å². The first kappa shape index (κ1) is 18.1. The third-order valence-electron chi connectivity index (χ3n) is 5.11. The Kier molecular flexibility index (Phi) is 6.19. The van der Waals surface area contributed by atoms with Crippen LogP contribution in [0.15, 0.2) is 29.3 Å². The van der Waals surface area contributed by atoms with E-state index in [1.807, 2.05) is 25.2 Å². The zero-order valence-electron chi connectivity index (χ0n) is 15.9. The number of benzene rings is 1. The van der Waals surface area contributed by atoms with Gasteiger partial charge in [-0.1, -0.05) is 18.2 Å². The number of nitrogens with zero attached hydrogens (tertiary/aromatic N) is 3. The van der Waals surface area contributed by atoms with E-state index in [1.54, 1.807) is 7.11 Å². The molecule has 0 heterocycles. The van der Waals surface area contributed by atoms with E-state index in [0.29, 0.717) is 0 Å². The van der Waals surface area contributed by atoms with Gasteiger partial charge in [-0.15, -0.1) is 0 Å². The maximum atomic E-state index is 5.45. The summed E-state index contributed by atoms with van der Waals surface area (Å²) in [7, 11) is 5.65. The van der Waals surface area contributed by atoms with Gasteiger partial charge >= 0.3 is 0 Å². The Balaban J connectivity index is 1.47. The molecule has 2 aliphatic carbocycles. The normalized spacial score (nSPS) is 17.7. The molecule has 0 bridgehead atoms. The standard InChI is InChI=1S/C20H32N4O/c1-21-20(23(2)15-17-6-4-5-7-19(17)25-3)22-12-13-24(18-10-11-18)14-16-8-9-16/h4-7,16,18H,8-15H2,1-3H3,(H,21,22). The number of guanidine groups is 1. The summed E-state index contributed by atoms with van der Waals surface area (Å²) in [6.45, 7) is 4.13. The smallest absolute Gasteiger partial charge is 0.193 e. The predicted molar refractivity (Wildman–Crippen MR) is 103 cm³/mol. The number of ether oxygens (including phenoxy) is 1. The van der Waals surface area contributed by atoms with Crippen LogP contribution < -0.4 is 10.1 Å². The summed E-state index contributed by atoms with van der Waals surface area (Å²) >= 11 is 0. The molecular weight excluding hydrogens is 312 g/mol. The predicted octanol–water partition coefficient (Wildman–Crippen LogP) is 2.58. The van der Waals surface area contributed by atoms with Crippen LogP contribution in [0.2, 0.25) is 0 Å². The molecule has 0 spiro atoms. The summed E-state index contributed by atoms with van der Waals surface area (Å²) in [5.41, 5.74) is 1.17. The van der Waals surface area contributed by atoms with Gasteiger partial charge in [0.2, 0.25) is 0 Å². The first-order chi connectivity index (χ1) is 12.2. The molecule has 0 saturated heterocycles. The van der Waals surface area contributed by atoms with E-state index in [1.165, 1.54) is 37.8 Å². The van der Waals surface area contributed by atoms with Gasteiger partial charge in [-0.25, -0.2) is 0 Å². The monoisotopic (exact) mass is 344 g/mol. The molecule has 0 atom stereocenters. The molecule has 0 radical (unpaired) electrons. The van der Waals surface area contributed by atoms with Gasteiger partial charge in [0.25, 0.3) is 0 Å². The molecule has 0 aromatic heterocycles. The van der Waals surface area contributed by atoms with Gasteiger partial charge in [0.1, 0.15) is 5.75 Å². The highest BCUT2D eigenvalue weighted by Crippen LogP contribution is 2.34. The Hall–Kier alpha value is -1.75. The van der Waals surface area contributed by atoms with E-state index in [0.717, 1.165) is 43.3 Å². The second-order valence-electron chi connectivity index (χ2n) is 7.31. The van der Waals surface area contributed by atoms with Crippen molar-refractivity contribution in [2.75, 3.05) is 40.8 Å². The summed E-state index contributed by atoms with van der Waals surface area (Å²) in [4.78, 5) is 9.27. The number of aliphatic imine (C=N–C) groups is 1. The van der Waals surface area contributed by atoms with Crippen molar-refractivity contribution in [1.82, 2.24) is 15.1 Å². The van der Waals surface area contributed by atoms with Crippen LogP contribution in [0.4, 0.5) is 0 Å². The van der Waals surface area contributed by atoms with E-state index in [9.17, 15) is 0 Å². The third-order valence-corrected chi connectivity index (χ3v) is 5.11. The van der Waals surface area contributed by atoms with Crippen molar-refractivity contribution in [1.29, 1.82) is 0 Å². The Bertz CT molecular complexity index is 581. The Morgan fingerprint density at radius 3 is 2.64 bits per heavy atom. The Labute approximate surface area is 152 Å². The molecule has 2 aliphatic rings. The molecule has 1 aromatic rings. The zero-order valence-corrected chi connectivity index (χ0v) is 15.9. The van der Waals surface area contributed by atoms with E-state index < -0.39 is 0 Å². The van der Waals surface area contributed by atoms with E-state index >= 15 is 0 Å². The molecule has 138 valence electrons. The first-order valence-electron chi connectivity index (χ1n) is 9.49. The van der Waals surface area contributed by atoms with Gasteiger partial charge in [0.15, 0.2) is 5.96 Å². The maximum absolute atomic E-state index is 5.45. The van der Waals surface area contributed by atoms with Crippen LogP contribution >= 0.6 is 0 Å². The highest BCUT2D eigenvalue weighted by Gasteiger charge is 2.33. The summed E-state index contributed by atoms with van der Waals surface area (Å²) in [5.74, 6) is 2.83. The number of nitrogens with one attached hydrogen (secondary N) is 1. The molecule has 5 nitrogen and oxygen atoms in total. The SMILES string of the molecule is CN=C(NCCN(CC1CC1)C1CC1)N(C)Cc1ccccc1OC.